The molecule has 0 aromatic heterocycles. The van der Waals surface area contributed by atoms with Crippen LogP contribution in [0.5, 0.6) is 5.75 Å². The molecular formula is C6H7O4P. The maximum absolute atomic E-state index is 10.6. The van der Waals surface area contributed by atoms with Gasteiger partial charge in [-0.05, 0) is 12.1 Å². The number of phenols is 1. The molecule has 0 unspecified atom stereocenters. The quantitative estimate of drug-likeness (QED) is 0.531. The van der Waals surface area contributed by atoms with E-state index in [-0.39, 0.29) is 11.1 Å². The first-order valence-corrected chi connectivity index (χ1v) is 4.47. The minimum atomic E-state index is -4.31. The lowest BCUT2D eigenvalue weighted by Crippen LogP contribution is -2.02. The van der Waals surface area contributed by atoms with E-state index in [2.05, 4.69) is 0 Å². The van der Waals surface area contributed by atoms with E-state index in [1.165, 1.54) is 24.3 Å². The zero-order valence-electron chi connectivity index (χ0n) is 5.51. The fraction of sp³-hybridized carbons (Fsp3) is 0. The van der Waals surface area contributed by atoms with Crippen molar-refractivity contribution in [2.24, 2.45) is 0 Å². The van der Waals surface area contributed by atoms with Gasteiger partial charge in [0.2, 0.25) is 0 Å². The van der Waals surface area contributed by atoms with Gasteiger partial charge in [0.25, 0.3) is 0 Å². The number of para-hydroxylation sites is 1. The Kier molecular flexibility index (Phi) is 2.00. The molecule has 11 heavy (non-hydrogen) atoms. The summed E-state index contributed by atoms with van der Waals surface area (Å²) >= 11 is 0. The summed E-state index contributed by atoms with van der Waals surface area (Å²) in [6.45, 7) is 0. The van der Waals surface area contributed by atoms with Crippen LogP contribution in [0.15, 0.2) is 24.3 Å². The molecular weight excluding hydrogens is 167 g/mol. The second kappa shape index (κ2) is 2.66. The van der Waals surface area contributed by atoms with Gasteiger partial charge in [-0.15, -0.1) is 0 Å². The molecule has 0 spiro atoms. The molecule has 1 aromatic carbocycles. The van der Waals surface area contributed by atoms with Crippen molar-refractivity contribution in [1.29, 1.82) is 0 Å². The largest absolute Gasteiger partial charge is 0.507 e. The Bertz CT molecular complexity index is 303. The number of rotatable bonds is 1. The summed E-state index contributed by atoms with van der Waals surface area (Å²) in [6, 6.07) is 5.37. The molecule has 0 aliphatic heterocycles. The van der Waals surface area contributed by atoms with E-state index in [1.54, 1.807) is 0 Å². The van der Waals surface area contributed by atoms with Crippen molar-refractivity contribution in [3.8, 4) is 5.75 Å². The summed E-state index contributed by atoms with van der Waals surface area (Å²) < 4.78 is 10.6. The first-order chi connectivity index (χ1) is 5.02. The molecule has 0 atom stereocenters. The van der Waals surface area contributed by atoms with Crippen molar-refractivity contribution in [3.63, 3.8) is 0 Å². The van der Waals surface area contributed by atoms with Crippen LogP contribution in [-0.2, 0) is 4.57 Å². The van der Waals surface area contributed by atoms with E-state index in [0.717, 1.165) is 0 Å². The molecule has 3 N–H and O–H groups in total. The van der Waals surface area contributed by atoms with Gasteiger partial charge >= 0.3 is 7.60 Å². The number of aromatic hydroxyl groups is 1. The number of hydrogen-bond acceptors (Lipinski definition) is 2. The molecule has 0 radical (unpaired) electrons. The van der Waals surface area contributed by atoms with Gasteiger partial charge in [-0.25, -0.2) is 0 Å². The Hall–Kier alpha value is -0.830. The van der Waals surface area contributed by atoms with Gasteiger partial charge in [0.1, 0.15) is 11.1 Å². The lowest BCUT2D eigenvalue weighted by molar-refractivity contribution is 0.384. The molecule has 0 amide bonds. The second-order valence-corrected chi connectivity index (χ2v) is 3.60. The molecule has 0 saturated carbocycles. The highest BCUT2D eigenvalue weighted by Gasteiger charge is 2.20. The lowest BCUT2D eigenvalue weighted by Gasteiger charge is -2.04. The maximum atomic E-state index is 10.6. The zero-order valence-corrected chi connectivity index (χ0v) is 6.40. The average molecular weight is 174 g/mol. The number of hydrogen-bond donors (Lipinski definition) is 3. The van der Waals surface area contributed by atoms with Gasteiger partial charge in [-0.2, -0.15) is 0 Å². The van der Waals surface area contributed by atoms with Gasteiger partial charge < -0.3 is 14.9 Å². The Morgan fingerprint density at radius 1 is 1.18 bits per heavy atom. The van der Waals surface area contributed by atoms with Crippen molar-refractivity contribution >= 4 is 12.9 Å². The van der Waals surface area contributed by atoms with Crippen LogP contribution in [0.25, 0.3) is 0 Å². The minimum Gasteiger partial charge on any atom is -0.507 e. The summed E-state index contributed by atoms with van der Waals surface area (Å²) in [4.78, 5) is 17.2. The van der Waals surface area contributed by atoms with Crippen molar-refractivity contribution in [1.82, 2.24) is 0 Å². The highest BCUT2D eigenvalue weighted by molar-refractivity contribution is 7.60. The SMILES string of the molecule is O=P(O)(O)c1ccccc1O. The van der Waals surface area contributed by atoms with Gasteiger partial charge in [-0.1, -0.05) is 12.1 Å². The predicted molar refractivity (Wildman–Crippen MR) is 39.8 cm³/mol. The molecule has 0 heterocycles. The van der Waals surface area contributed by atoms with E-state index in [1.807, 2.05) is 0 Å². The summed E-state index contributed by atoms with van der Waals surface area (Å²) in [6.07, 6.45) is 0. The van der Waals surface area contributed by atoms with Crippen LogP contribution in [0.2, 0.25) is 0 Å². The summed E-state index contributed by atoms with van der Waals surface area (Å²) in [5, 5.41) is 8.62. The standard InChI is InChI=1S/C6H7O4P/c7-5-3-1-2-4-6(5)11(8,9)10/h1-4,7H,(H2,8,9,10). The maximum Gasteiger partial charge on any atom is 0.359 e. The van der Waals surface area contributed by atoms with Crippen LogP contribution < -0.4 is 5.30 Å². The van der Waals surface area contributed by atoms with E-state index in [4.69, 9.17) is 14.9 Å². The summed E-state index contributed by atoms with van der Waals surface area (Å²) in [5.74, 6) is -0.374. The van der Waals surface area contributed by atoms with Crippen molar-refractivity contribution in [2.45, 2.75) is 0 Å². The Morgan fingerprint density at radius 2 is 1.73 bits per heavy atom. The molecule has 1 rings (SSSR count). The highest BCUT2D eigenvalue weighted by atomic mass is 31.2. The van der Waals surface area contributed by atoms with E-state index < -0.39 is 7.60 Å². The van der Waals surface area contributed by atoms with Crippen LogP contribution in [0.4, 0.5) is 0 Å². The minimum absolute atomic E-state index is 0.333. The molecule has 1 aromatic rings. The molecule has 4 nitrogen and oxygen atoms in total. The average Bonchev–Trinajstić information content (AvgIpc) is 1.86. The third-order valence-corrected chi connectivity index (χ3v) is 2.20. The molecule has 0 bridgehead atoms. The van der Waals surface area contributed by atoms with E-state index >= 15 is 0 Å². The molecule has 0 fully saturated rings. The fourth-order valence-electron chi connectivity index (χ4n) is 0.710. The Balaban J connectivity index is 3.25. The Labute approximate surface area is 63.3 Å². The lowest BCUT2D eigenvalue weighted by atomic mass is 10.3. The predicted octanol–water partition coefficient (Wildman–Crippen LogP) is 0.195. The molecule has 0 aliphatic carbocycles. The van der Waals surface area contributed by atoms with Crippen LogP contribution in [0.1, 0.15) is 0 Å². The monoisotopic (exact) mass is 174 g/mol. The molecule has 0 aliphatic rings. The van der Waals surface area contributed by atoms with E-state index in [0.29, 0.717) is 0 Å². The fourth-order valence-corrected chi connectivity index (χ4v) is 1.36. The van der Waals surface area contributed by atoms with Crippen molar-refractivity contribution in [3.05, 3.63) is 24.3 Å². The second-order valence-electron chi connectivity index (χ2n) is 2.03. The van der Waals surface area contributed by atoms with Gasteiger partial charge in [0.05, 0.1) is 0 Å². The first kappa shape index (κ1) is 8.27. The van der Waals surface area contributed by atoms with Crippen LogP contribution in [0.3, 0.4) is 0 Å². The zero-order chi connectivity index (χ0) is 8.48. The molecule has 5 heteroatoms. The Morgan fingerprint density at radius 3 is 2.09 bits per heavy atom. The molecule has 60 valence electrons. The normalized spacial score (nSPS) is 11.5. The first-order valence-electron chi connectivity index (χ1n) is 2.86. The van der Waals surface area contributed by atoms with Crippen molar-refractivity contribution < 1.29 is 19.5 Å². The number of phenolic OH excluding ortho intramolecular Hbond substituents is 1. The topological polar surface area (TPSA) is 77.8 Å². The highest BCUT2D eigenvalue weighted by Crippen LogP contribution is 2.36. The van der Waals surface area contributed by atoms with Gasteiger partial charge in [0, 0.05) is 0 Å². The smallest absolute Gasteiger partial charge is 0.359 e. The molecule has 0 saturated heterocycles. The van der Waals surface area contributed by atoms with Crippen LogP contribution in [-0.4, -0.2) is 14.9 Å². The third kappa shape index (κ3) is 1.80. The third-order valence-electron chi connectivity index (χ3n) is 1.20. The van der Waals surface area contributed by atoms with Gasteiger partial charge in [-0.3, -0.25) is 4.57 Å². The number of benzene rings is 1. The van der Waals surface area contributed by atoms with Crippen LogP contribution in [0, 0.1) is 0 Å². The van der Waals surface area contributed by atoms with E-state index in [9.17, 15) is 4.57 Å². The van der Waals surface area contributed by atoms with Crippen LogP contribution >= 0.6 is 7.60 Å². The van der Waals surface area contributed by atoms with Gasteiger partial charge in [0.15, 0.2) is 0 Å². The summed E-state index contributed by atoms with van der Waals surface area (Å²) in [5.41, 5.74) is 0. The van der Waals surface area contributed by atoms with Crippen molar-refractivity contribution in [2.75, 3.05) is 0 Å². The summed E-state index contributed by atoms with van der Waals surface area (Å²) in [7, 11) is -4.31.